The topological polar surface area (TPSA) is 178 Å². The molecule has 1 spiro atoms. The number of amides is 2. The van der Waals surface area contributed by atoms with Crippen molar-refractivity contribution in [2.75, 3.05) is 12.4 Å². The Labute approximate surface area is 305 Å². The van der Waals surface area contributed by atoms with E-state index in [2.05, 4.69) is 20.9 Å². The summed E-state index contributed by atoms with van der Waals surface area (Å²) in [5, 5.41) is 20.1. The van der Waals surface area contributed by atoms with Gasteiger partial charge in [0.05, 0.1) is 7.11 Å². The van der Waals surface area contributed by atoms with Crippen LogP contribution in [-0.4, -0.2) is 58.3 Å². The molecule has 5 unspecified atom stereocenters. The average molecular weight is 718 g/mol. The molecule has 5 aromatic rings. The largest absolute Gasteiger partial charge is 0.469 e. The Balaban J connectivity index is 1.40. The minimum atomic E-state index is -1.31. The number of nitrogens with zero attached hydrogens (tertiary/aromatic N) is 2. The van der Waals surface area contributed by atoms with E-state index in [1.807, 2.05) is 80.6 Å². The molecule has 5 atom stereocenters. The molecule has 272 valence electrons. The van der Waals surface area contributed by atoms with Gasteiger partial charge in [0.15, 0.2) is 23.4 Å². The zero-order valence-corrected chi connectivity index (χ0v) is 29.8. The summed E-state index contributed by atoms with van der Waals surface area (Å²) in [6, 6.07) is 19.9. The number of carbonyl (C=O) groups is 3. The first-order valence-electron chi connectivity index (χ1n) is 17.6. The van der Waals surface area contributed by atoms with E-state index in [0.29, 0.717) is 11.5 Å². The molecule has 3 aromatic carbocycles. The van der Waals surface area contributed by atoms with E-state index in [-0.39, 0.29) is 41.4 Å². The molecule has 8 rings (SSSR count). The zero-order valence-electron chi connectivity index (χ0n) is 29.8. The van der Waals surface area contributed by atoms with Crippen molar-refractivity contribution in [2.45, 2.75) is 63.9 Å². The maximum absolute atomic E-state index is 14.1. The lowest BCUT2D eigenvalue weighted by molar-refractivity contribution is -0.135. The van der Waals surface area contributed by atoms with Crippen LogP contribution in [0.2, 0.25) is 0 Å². The Morgan fingerprint density at radius 3 is 2.53 bits per heavy atom. The first kappa shape index (κ1) is 34.2. The Kier molecular flexibility index (Phi) is 8.33. The Morgan fingerprint density at radius 2 is 1.79 bits per heavy atom. The lowest BCUT2D eigenvalue weighted by atomic mass is 9.72. The monoisotopic (exact) mass is 717 g/mol. The SMILES string of the molecule is COC(=O)c1coc(-c2nc3oc2C24c5cc(ccc5OC2Nc2c(-c5ccccc5)cccc24)CC(NC(=O)C(O)C(C)C)C(=O)NC3C(C)C)n1. The van der Waals surface area contributed by atoms with Gasteiger partial charge >= 0.3 is 5.97 Å². The molecule has 3 aliphatic rings. The van der Waals surface area contributed by atoms with Gasteiger partial charge in [-0.2, -0.15) is 0 Å². The Hall–Kier alpha value is -5.95. The van der Waals surface area contributed by atoms with Gasteiger partial charge in [0.2, 0.25) is 23.6 Å². The van der Waals surface area contributed by atoms with Crippen molar-refractivity contribution in [2.24, 2.45) is 11.8 Å². The van der Waals surface area contributed by atoms with Crippen LogP contribution in [0.15, 0.2) is 81.8 Å². The number of nitrogens with one attached hydrogen (secondary N) is 3. The smallest absolute Gasteiger partial charge is 0.360 e. The quantitative estimate of drug-likeness (QED) is 0.164. The summed E-state index contributed by atoms with van der Waals surface area (Å²) in [6.07, 6.45) is -0.717. The zero-order chi connectivity index (χ0) is 37.2. The number of aliphatic hydroxyl groups is 1. The van der Waals surface area contributed by atoms with Crippen LogP contribution < -0.4 is 20.7 Å². The van der Waals surface area contributed by atoms with Crippen LogP contribution in [-0.2, 0) is 26.2 Å². The molecular formula is C40H39N5O8. The molecule has 53 heavy (non-hydrogen) atoms. The molecule has 0 aliphatic carbocycles. The molecule has 0 fully saturated rings. The van der Waals surface area contributed by atoms with Gasteiger partial charge in [-0.15, -0.1) is 0 Å². The standard InChI is InChI=1S/C40H39N5O8/c1-19(2)29-37-44-31(36-42-27(18-51-36)38(49)50-5)33(53-37)40-24-13-9-12-23(22-10-7-6-8-11-22)30(24)45-39(40)52-28-15-14-21(16-25(28)40)17-26(34(47)43-29)41-35(48)32(46)20(3)4/h6-16,18-20,26,29,32,39,45-46H,17H2,1-5H3,(H,41,48)(H,43,47). The van der Waals surface area contributed by atoms with Crippen LogP contribution in [0, 0.1) is 11.8 Å². The third kappa shape index (κ3) is 5.45. The lowest BCUT2D eigenvalue weighted by Gasteiger charge is -2.29. The van der Waals surface area contributed by atoms with Crippen molar-refractivity contribution in [3.05, 3.63) is 107 Å². The van der Waals surface area contributed by atoms with Gasteiger partial charge in [-0.3, -0.25) is 9.59 Å². The van der Waals surface area contributed by atoms with Gasteiger partial charge in [-0.25, -0.2) is 14.8 Å². The number of benzene rings is 3. The predicted molar refractivity (Wildman–Crippen MR) is 192 cm³/mol. The highest BCUT2D eigenvalue weighted by Crippen LogP contribution is 2.60. The van der Waals surface area contributed by atoms with Gasteiger partial charge in [0.25, 0.3) is 0 Å². The molecule has 3 aliphatic heterocycles. The number of hydrogen-bond donors (Lipinski definition) is 4. The van der Waals surface area contributed by atoms with E-state index in [1.165, 1.54) is 13.4 Å². The molecule has 13 heteroatoms. The predicted octanol–water partition coefficient (Wildman–Crippen LogP) is 5.13. The summed E-state index contributed by atoms with van der Waals surface area (Å²) in [4.78, 5) is 49.3. The fraction of sp³-hybridized carbons (Fsp3) is 0.325. The molecule has 2 aromatic heterocycles. The molecule has 13 nitrogen and oxygen atoms in total. The molecule has 0 saturated carbocycles. The number of anilines is 1. The van der Waals surface area contributed by atoms with Crippen molar-refractivity contribution in [3.8, 4) is 28.5 Å². The number of aromatic nitrogens is 2. The molecule has 0 radical (unpaired) electrons. The number of fused-ring (bicyclic) bond motifs is 4. The van der Waals surface area contributed by atoms with Crippen molar-refractivity contribution < 1.29 is 37.8 Å². The first-order valence-corrected chi connectivity index (χ1v) is 17.6. The molecule has 4 N–H and O–H groups in total. The number of carbonyl (C=O) groups excluding carboxylic acids is 3. The van der Waals surface area contributed by atoms with Crippen LogP contribution in [0.5, 0.6) is 5.75 Å². The number of para-hydroxylation sites is 1. The van der Waals surface area contributed by atoms with Crippen LogP contribution in [0.4, 0.5) is 5.69 Å². The fourth-order valence-corrected chi connectivity index (χ4v) is 7.52. The summed E-state index contributed by atoms with van der Waals surface area (Å²) in [5.41, 5.74) is 4.06. The highest BCUT2D eigenvalue weighted by atomic mass is 16.5. The van der Waals surface area contributed by atoms with Crippen LogP contribution in [0.25, 0.3) is 22.7 Å². The normalized spacial score (nSPS) is 21.7. The number of aliphatic hydroxyl groups excluding tert-OH is 1. The second-order valence-corrected chi connectivity index (χ2v) is 14.3. The van der Waals surface area contributed by atoms with Crippen molar-refractivity contribution in [1.82, 2.24) is 20.6 Å². The molecule has 4 bridgehead atoms. The summed E-state index contributed by atoms with van der Waals surface area (Å²) >= 11 is 0. The minimum Gasteiger partial charge on any atom is -0.469 e. The van der Waals surface area contributed by atoms with Gasteiger partial charge in [0, 0.05) is 28.8 Å². The van der Waals surface area contributed by atoms with E-state index in [1.54, 1.807) is 13.8 Å². The summed E-state index contributed by atoms with van der Waals surface area (Å²) in [6.45, 7) is 7.28. The van der Waals surface area contributed by atoms with Gasteiger partial charge in [-0.05, 0) is 29.0 Å². The highest BCUT2D eigenvalue weighted by molar-refractivity contribution is 5.91. The molecule has 5 heterocycles. The highest BCUT2D eigenvalue weighted by Gasteiger charge is 2.61. The van der Waals surface area contributed by atoms with E-state index in [0.717, 1.165) is 33.5 Å². The Morgan fingerprint density at radius 1 is 1.00 bits per heavy atom. The van der Waals surface area contributed by atoms with Gasteiger partial charge in [0.1, 0.15) is 35.6 Å². The maximum atomic E-state index is 14.1. The summed E-state index contributed by atoms with van der Waals surface area (Å²) in [7, 11) is 1.26. The van der Waals surface area contributed by atoms with E-state index >= 15 is 0 Å². The van der Waals surface area contributed by atoms with Crippen molar-refractivity contribution in [3.63, 3.8) is 0 Å². The van der Waals surface area contributed by atoms with Crippen molar-refractivity contribution in [1.29, 1.82) is 0 Å². The van der Waals surface area contributed by atoms with Crippen LogP contribution >= 0.6 is 0 Å². The first-order chi connectivity index (χ1) is 25.5. The average Bonchev–Trinajstić information content (AvgIpc) is 3.94. The molecular weight excluding hydrogens is 678 g/mol. The number of hydrogen-bond acceptors (Lipinski definition) is 11. The lowest BCUT2D eigenvalue weighted by Crippen LogP contribution is -2.52. The maximum Gasteiger partial charge on any atom is 0.360 e. The second-order valence-electron chi connectivity index (χ2n) is 14.3. The van der Waals surface area contributed by atoms with Gasteiger partial charge in [-0.1, -0.05) is 88.4 Å². The summed E-state index contributed by atoms with van der Waals surface area (Å²) in [5.74, 6) is -1.33. The third-order valence-corrected chi connectivity index (χ3v) is 10.3. The van der Waals surface area contributed by atoms with Crippen LogP contribution in [0.1, 0.15) is 72.6 Å². The fourth-order valence-electron chi connectivity index (χ4n) is 7.52. The van der Waals surface area contributed by atoms with E-state index in [4.69, 9.17) is 23.3 Å². The number of rotatable bonds is 7. The minimum absolute atomic E-state index is 0.0114. The molecule has 2 amide bonds. The number of oxazole rings is 2. The summed E-state index contributed by atoms with van der Waals surface area (Å²) < 4.78 is 24.5. The van der Waals surface area contributed by atoms with E-state index < -0.39 is 47.6 Å². The number of esters is 1. The third-order valence-electron chi connectivity index (χ3n) is 10.3. The number of ether oxygens (including phenoxy) is 2. The Bertz CT molecular complexity index is 2240. The van der Waals surface area contributed by atoms with E-state index in [9.17, 15) is 19.5 Å². The van der Waals surface area contributed by atoms with Gasteiger partial charge < -0.3 is 39.4 Å². The van der Waals surface area contributed by atoms with Crippen molar-refractivity contribution >= 4 is 23.5 Å². The molecule has 0 saturated heterocycles. The van der Waals surface area contributed by atoms with Crippen LogP contribution in [0.3, 0.4) is 0 Å². The second kappa shape index (κ2) is 12.9. The number of methoxy groups -OCH3 is 1.